The Morgan fingerprint density at radius 1 is 1.11 bits per heavy atom. The van der Waals surface area contributed by atoms with Crippen molar-refractivity contribution in [3.63, 3.8) is 0 Å². The molecule has 2 aromatic rings. The van der Waals surface area contributed by atoms with Crippen LogP contribution in [0.5, 0.6) is 5.88 Å². The number of anilines is 1. The summed E-state index contributed by atoms with van der Waals surface area (Å²) in [6.07, 6.45) is 7.46. The van der Waals surface area contributed by atoms with E-state index >= 15 is 0 Å². The number of hydrogen-bond donors (Lipinski definition) is 1. The highest BCUT2D eigenvalue weighted by Gasteiger charge is 2.21. The Kier molecular flexibility index (Phi) is 7.40. The molecular formula is C20H29N7O. The molecule has 0 aliphatic carbocycles. The minimum absolute atomic E-state index is 0.629. The molecule has 1 aliphatic rings. The van der Waals surface area contributed by atoms with Crippen molar-refractivity contribution in [3.8, 4) is 5.88 Å². The topological polar surface area (TPSA) is 78.8 Å². The summed E-state index contributed by atoms with van der Waals surface area (Å²) in [6, 6.07) is 5.81. The summed E-state index contributed by atoms with van der Waals surface area (Å²) in [4.78, 5) is 22.0. The van der Waals surface area contributed by atoms with Gasteiger partial charge in [0.2, 0.25) is 11.8 Å². The molecule has 0 aromatic carbocycles. The molecule has 0 bridgehead atoms. The van der Waals surface area contributed by atoms with E-state index in [9.17, 15) is 0 Å². The zero-order valence-electron chi connectivity index (χ0n) is 16.7. The van der Waals surface area contributed by atoms with Crippen molar-refractivity contribution in [2.75, 3.05) is 44.7 Å². The molecule has 150 valence electrons. The molecule has 1 saturated heterocycles. The highest BCUT2D eigenvalue weighted by molar-refractivity contribution is 5.80. The van der Waals surface area contributed by atoms with Crippen molar-refractivity contribution in [2.45, 2.75) is 26.3 Å². The third-order valence-electron chi connectivity index (χ3n) is 4.65. The summed E-state index contributed by atoms with van der Waals surface area (Å²) in [6.45, 7) is 6.93. The van der Waals surface area contributed by atoms with Gasteiger partial charge in [-0.25, -0.2) is 15.0 Å². The fraction of sp³-hybridized carbons (Fsp3) is 0.500. The van der Waals surface area contributed by atoms with E-state index in [4.69, 9.17) is 4.74 Å². The number of aliphatic imine (C=N–C) groups is 1. The summed E-state index contributed by atoms with van der Waals surface area (Å²) in [5, 5.41) is 3.45. The lowest BCUT2D eigenvalue weighted by Crippen LogP contribution is -2.52. The first-order chi connectivity index (χ1) is 13.8. The normalized spacial score (nSPS) is 14.9. The smallest absolute Gasteiger partial charge is 0.225 e. The summed E-state index contributed by atoms with van der Waals surface area (Å²) in [5.41, 5.74) is 1.04. The Bertz CT molecular complexity index is 745. The number of aromatic nitrogens is 3. The number of rotatable bonds is 7. The molecule has 0 amide bonds. The number of ether oxygens (including phenoxy) is 1. The number of nitrogens with zero attached hydrogens (tertiary/aromatic N) is 6. The fourth-order valence-electron chi connectivity index (χ4n) is 3.08. The Morgan fingerprint density at radius 3 is 2.57 bits per heavy atom. The van der Waals surface area contributed by atoms with E-state index in [2.05, 4.69) is 42.0 Å². The highest BCUT2D eigenvalue weighted by atomic mass is 16.5. The van der Waals surface area contributed by atoms with E-state index < -0.39 is 0 Å². The van der Waals surface area contributed by atoms with Gasteiger partial charge < -0.3 is 19.9 Å². The highest BCUT2D eigenvalue weighted by Crippen LogP contribution is 2.15. The molecule has 8 heteroatoms. The zero-order valence-corrected chi connectivity index (χ0v) is 16.7. The van der Waals surface area contributed by atoms with Crippen LogP contribution < -0.4 is 15.0 Å². The molecule has 1 N–H and O–H groups in total. The van der Waals surface area contributed by atoms with Crippen molar-refractivity contribution in [1.82, 2.24) is 25.2 Å². The van der Waals surface area contributed by atoms with E-state index in [0.717, 1.165) is 56.5 Å². The van der Waals surface area contributed by atoms with Crippen LogP contribution in [0.25, 0.3) is 0 Å². The lowest BCUT2D eigenvalue weighted by atomic mass is 10.2. The van der Waals surface area contributed by atoms with Gasteiger partial charge in [0.25, 0.3) is 0 Å². The fourth-order valence-corrected chi connectivity index (χ4v) is 3.08. The molecular weight excluding hydrogens is 354 g/mol. The number of unbranched alkanes of at least 4 members (excludes halogenated alkanes) is 1. The Balaban J connectivity index is 1.53. The summed E-state index contributed by atoms with van der Waals surface area (Å²) in [5.74, 6) is 2.37. The molecule has 3 heterocycles. The van der Waals surface area contributed by atoms with Crippen LogP contribution in [-0.2, 0) is 6.54 Å². The molecule has 0 unspecified atom stereocenters. The number of piperazine rings is 1. The maximum Gasteiger partial charge on any atom is 0.225 e. The van der Waals surface area contributed by atoms with Crippen LogP contribution in [0.1, 0.15) is 25.3 Å². The van der Waals surface area contributed by atoms with Gasteiger partial charge in [-0.3, -0.25) is 4.99 Å². The first kappa shape index (κ1) is 19.9. The van der Waals surface area contributed by atoms with Gasteiger partial charge in [0.15, 0.2) is 5.96 Å². The molecule has 2 aromatic heterocycles. The van der Waals surface area contributed by atoms with Gasteiger partial charge in [-0.15, -0.1) is 0 Å². The lowest BCUT2D eigenvalue weighted by Gasteiger charge is -2.36. The first-order valence-corrected chi connectivity index (χ1v) is 9.86. The molecule has 0 atom stereocenters. The Morgan fingerprint density at radius 2 is 1.86 bits per heavy atom. The van der Waals surface area contributed by atoms with Crippen LogP contribution in [0.2, 0.25) is 0 Å². The Hall–Kier alpha value is -2.90. The second-order valence-electron chi connectivity index (χ2n) is 6.59. The van der Waals surface area contributed by atoms with Gasteiger partial charge in [0.05, 0.1) is 6.61 Å². The zero-order chi connectivity index (χ0) is 19.6. The third-order valence-corrected chi connectivity index (χ3v) is 4.65. The predicted octanol–water partition coefficient (Wildman–Crippen LogP) is 1.95. The molecule has 0 spiro atoms. The molecule has 8 nitrogen and oxygen atoms in total. The van der Waals surface area contributed by atoms with Gasteiger partial charge in [-0.1, -0.05) is 19.4 Å². The van der Waals surface area contributed by atoms with Crippen molar-refractivity contribution in [3.05, 3.63) is 42.4 Å². The van der Waals surface area contributed by atoms with E-state index in [-0.39, 0.29) is 0 Å². The maximum atomic E-state index is 5.83. The predicted molar refractivity (Wildman–Crippen MR) is 111 cm³/mol. The van der Waals surface area contributed by atoms with Crippen molar-refractivity contribution < 1.29 is 4.74 Å². The number of hydrogen-bond acceptors (Lipinski definition) is 6. The number of guanidine groups is 1. The van der Waals surface area contributed by atoms with Gasteiger partial charge in [-0.2, -0.15) is 0 Å². The van der Waals surface area contributed by atoms with Gasteiger partial charge in [-0.05, 0) is 18.6 Å². The second-order valence-corrected chi connectivity index (χ2v) is 6.59. The Labute approximate surface area is 166 Å². The van der Waals surface area contributed by atoms with Crippen LogP contribution in [0.4, 0.5) is 5.95 Å². The SMILES string of the molecule is CCCCOc1ncccc1CNC(=NC)N1CCN(c2ncccn2)CC1. The van der Waals surface area contributed by atoms with Gasteiger partial charge >= 0.3 is 0 Å². The van der Waals surface area contributed by atoms with Crippen LogP contribution in [0.3, 0.4) is 0 Å². The summed E-state index contributed by atoms with van der Waals surface area (Å²) in [7, 11) is 1.82. The third kappa shape index (κ3) is 5.31. The molecule has 3 rings (SSSR count). The van der Waals surface area contributed by atoms with Crippen LogP contribution in [0.15, 0.2) is 41.8 Å². The molecule has 0 saturated carbocycles. The van der Waals surface area contributed by atoms with E-state index in [0.29, 0.717) is 19.0 Å². The monoisotopic (exact) mass is 383 g/mol. The molecule has 1 fully saturated rings. The lowest BCUT2D eigenvalue weighted by molar-refractivity contribution is 0.294. The second kappa shape index (κ2) is 10.4. The largest absolute Gasteiger partial charge is 0.477 e. The van der Waals surface area contributed by atoms with Crippen LogP contribution in [0, 0.1) is 0 Å². The van der Waals surface area contributed by atoms with Crippen molar-refractivity contribution in [1.29, 1.82) is 0 Å². The van der Waals surface area contributed by atoms with Crippen LogP contribution in [-0.4, -0.2) is 65.6 Å². The van der Waals surface area contributed by atoms with Gasteiger partial charge in [0.1, 0.15) is 0 Å². The molecule has 28 heavy (non-hydrogen) atoms. The minimum atomic E-state index is 0.629. The van der Waals surface area contributed by atoms with Crippen LogP contribution >= 0.6 is 0 Å². The number of nitrogens with one attached hydrogen (secondary N) is 1. The van der Waals surface area contributed by atoms with E-state index in [1.807, 2.05) is 25.2 Å². The minimum Gasteiger partial charge on any atom is -0.477 e. The maximum absolute atomic E-state index is 5.83. The summed E-state index contributed by atoms with van der Waals surface area (Å²) < 4.78 is 5.83. The molecule has 1 aliphatic heterocycles. The van der Waals surface area contributed by atoms with Gasteiger partial charge in [0, 0.05) is 63.9 Å². The van der Waals surface area contributed by atoms with Crippen molar-refractivity contribution in [2.24, 2.45) is 4.99 Å². The number of pyridine rings is 1. The average Bonchev–Trinajstić information content (AvgIpc) is 2.76. The average molecular weight is 384 g/mol. The van der Waals surface area contributed by atoms with E-state index in [1.54, 1.807) is 18.6 Å². The summed E-state index contributed by atoms with van der Waals surface area (Å²) >= 11 is 0. The van der Waals surface area contributed by atoms with Crippen molar-refractivity contribution >= 4 is 11.9 Å². The standard InChI is InChI=1S/C20H29N7O/c1-3-4-15-28-18-17(7-5-8-22-18)16-25-19(21-2)26-11-13-27(14-12-26)20-23-9-6-10-24-20/h5-10H,3-4,11-16H2,1-2H3,(H,21,25). The quantitative estimate of drug-likeness (QED) is 0.445. The first-order valence-electron chi connectivity index (χ1n) is 9.86. The van der Waals surface area contributed by atoms with E-state index in [1.165, 1.54) is 0 Å². The molecule has 0 radical (unpaired) electrons.